The van der Waals surface area contributed by atoms with Gasteiger partial charge in [0.25, 0.3) is 0 Å². The Kier molecular flexibility index (Phi) is 10.7. The minimum Gasteiger partial charge on any atom is -0.508 e. The molecule has 0 spiro atoms. The zero-order valence-electron chi connectivity index (χ0n) is 32.7. The Labute approximate surface area is 313 Å². The number of aromatic nitrogens is 2. The Bertz CT molecular complexity index is 2130. The van der Waals surface area contributed by atoms with E-state index in [-0.39, 0.29) is 35.0 Å². The predicted octanol–water partition coefficient (Wildman–Crippen LogP) is 8.65. The number of rotatable bonds is 13. The molecule has 3 aromatic carbocycles. The van der Waals surface area contributed by atoms with Crippen LogP contribution in [0.4, 0.5) is 14.6 Å². The SMILES string of the molecule is CCCCCC(C)(COc1nc(N2CC3CC[C@@H](C2)N3)c2c3c(c(-c4cc(O)cc5ccc(F)c(CC)c45)c(C)c2n1)=NC(C)C(C)C=3)CC(F)CC. The molecule has 53 heavy (non-hydrogen) atoms. The summed E-state index contributed by atoms with van der Waals surface area (Å²) in [6.07, 6.45) is 9.14. The number of phenols is 1. The summed E-state index contributed by atoms with van der Waals surface area (Å²) < 4.78 is 37.1. The smallest absolute Gasteiger partial charge is 0.318 e. The van der Waals surface area contributed by atoms with E-state index in [1.807, 2.05) is 13.8 Å². The van der Waals surface area contributed by atoms with Crippen molar-refractivity contribution in [3.8, 4) is 22.9 Å². The quantitative estimate of drug-likeness (QED) is 0.134. The van der Waals surface area contributed by atoms with Gasteiger partial charge in [-0.05, 0) is 104 Å². The number of piperazine rings is 1. The van der Waals surface area contributed by atoms with Gasteiger partial charge in [-0.2, -0.15) is 9.97 Å². The summed E-state index contributed by atoms with van der Waals surface area (Å²) in [4.78, 5) is 18.2. The van der Waals surface area contributed by atoms with Crippen LogP contribution in [-0.2, 0) is 6.42 Å². The number of halogens is 2. The monoisotopic (exact) mass is 725 g/mol. The maximum absolute atomic E-state index is 15.5. The molecule has 2 saturated heterocycles. The van der Waals surface area contributed by atoms with Gasteiger partial charge in [0, 0.05) is 41.4 Å². The second-order valence-electron chi connectivity index (χ2n) is 16.5. The van der Waals surface area contributed by atoms with E-state index in [0.29, 0.717) is 43.5 Å². The van der Waals surface area contributed by atoms with Crippen LogP contribution in [0.5, 0.6) is 11.8 Å². The first-order chi connectivity index (χ1) is 25.4. The van der Waals surface area contributed by atoms with Gasteiger partial charge >= 0.3 is 6.01 Å². The standard InChI is InChI=1S/C44H57F2N5O2/c1-8-11-12-17-44(7,21-29(45)9-2)24-53-43-49-40-26(5)37(34-20-32(52)19-28-13-16-36(46)33(10-3)38(28)34)41-35(18-25(4)27(6)47-41)39(40)42(50-43)51-22-30-14-15-31(23-51)48-30/h13,16,18-20,25,27,29-31,48,52H,8-12,14-15,17,21-24H2,1-7H3/t25?,27?,29?,30-,31?,44?/m0/s1. The molecular weight excluding hydrogens is 669 g/mol. The van der Waals surface area contributed by atoms with Crippen molar-refractivity contribution in [1.29, 1.82) is 0 Å². The molecule has 4 aromatic rings. The minimum absolute atomic E-state index is 0.0129. The molecule has 0 radical (unpaired) electrons. The molecule has 9 heteroatoms. The summed E-state index contributed by atoms with van der Waals surface area (Å²) >= 11 is 0. The third-order valence-electron chi connectivity index (χ3n) is 12.3. The van der Waals surface area contributed by atoms with Gasteiger partial charge in [0.1, 0.15) is 23.6 Å². The van der Waals surface area contributed by atoms with Crippen molar-refractivity contribution in [2.24, 2.45) is 16.3 Å². The first kappa shape index (κ1) is 37.5. The van der Waals surface area contributed by atoms with E-state index in [4.69, 9.17) is 19.7 Å². The Morgan fingerprint density at radius 1 is 1.06 bits per heavy atom. The summed E-state index contributed by atoms with van der Waals surface area (Å²) in [5.41, 5.74) is 3.46. The molecule has 1 aromatic heterocycles. The minimum atomic E-state index is -0.899. The number of nitrogens with zero attached hydrogens (tertiary/aromatic N) is 4. The van der Waals surface area contributed by atoms with Gasteiger partial charge in [0.2, 0.25) is 0 Å². The Morgan fingerprint density at radius 2 is 1.81 bits per heavy atom. The van der Waals surface area contributed by atoms with Crippen LogP contribution in [0.2, 0.25) is 0 Å². The summed E-state index contributed by atoms with van der Waals surface area (Å²) in [6.45, 7) is 16.5. The Balaban J connectivity index is 1.49. The topological polar surface area (TPSA) is 82.9 Å². The molecule has 2 N–H and O–H groups in total. The molecule has 2 fully saturated rings. The summed E-state index contributed by atoms with van der Waals surface area (Å²) in [7, 11) is 0. The van der Waals surface area contributed by atoms with E-state index >= 15 is 8.78 Å². The van der Waals surface area contributed by atoms with E-state index in [1.165, 1.54) is 6.07 Å². The van der Waals surface area contributed by atoms with Crippen LogP contribution in [0, 0.1) is 24.1 Å². The Morgan fingerprint density at radius 3 is 2.51 bits per heavy atom. The highest BCUT2D eigenvalue weighted by molar-refractivity contribution is 6.04. The zero-order valence-corrected chi connectivity index (χ0v) is 32.7. The number of anilines is 1. The maximum Gasteiger partial charge on any atom is 0.318 e. The van der Waals surface area contributed by atoms with E-state index in [9.17, 15) is 5.11 Å². The van der Waals surface area contributed by atoms with E-state index in [1.54, 1.807) is 18.2 Å². The third-order valence-corrected chi connectivity index (χ3v) is 12.3. The number of hydrogen-bond donors (Lipinski definition) is 2. The number of unbranched alkanes of at least 4 members (excludes halogenated alkanes) is 2. The first-order valence-corrected chi connectivity index (χ1v) is 20.1. The fraction of sp³-hybridized carbons (Fsp3) is 0.568. The van der Waals surface area contributed by atoms with Gasteiger partial charge in [0.05, 0.1) is 28.9 Å². The highest BCUT2D eigenvalue weighted by Crippen LogP contribution is 2.40. The van der Waals surface area contributed by atoms with Gasteiger partial charge in [0.15, 0.2) is 0 Å². The lowest BCUT2D eigenvalue weighted by Crippen LogP contribution is -2.52. The zero-order chi connectivity index (χ0) is 37.6. The fourth-order valence-corrected chi connectivity index (χ4v) is 9.11. The van der Waals surface area contributed by atoms with Crippen LogP contribution in [0.25, 0.3) is 38.9 Å². The molecule has 5 unspecified atom stereocenters. The lowest BCUT2D eigenvalue weighted by Gasteiger charge is -2.35. The number of benzene rings is 3. The van der Waals surface area contributed by atoms with Crippen molar-refractivity contribution >= 4 is 33.6 Å². The second-order valence-corrected chi connectivity index (χ2v) is 16.5. The molecule has 2 bridgehead atoms. The van der Waals surface area contributed by atoms with Gasteiger partial charge in [-0.1, -0.05) is 66.0 Å². The molecule has 7 nitrogen and oxygen atoms in total. The third kappa shape index (κ3) is 7.22. The molecule has 284 valence electrons. The van der Waals surface area contributed by atoms with Crippen molar-refractivity contribution in [3.63, 3.8) is 0 Å². The molecule has 0 saturated carbocycles. The number of hydrogen-bond acceptors (Lipinski definition) is 7. The molecule has 0 aliphatic carbocycles. The number of phenolic OH excluding ortho intramolecular Hbond substituents is 1. The fourth-order valence-electron chi connectivity index (χ4n) is 9.11. The lowest BCUT2D eigenvalue weighted by molar-refractivity contribution is 0.0948. The molecule has 6 atom stereocenters. The first-order valence-electron chi connectivity index (χ1n) is 20.1. The molecular formula is C44H57F2N5O2. The van der Waals surface area contributed by atoms with Gasteiger partial charge < -0.3 is 20.1 Å². The van der Waals surface area contributed by atoms with Crippen molar-refractivity contribution in [2.75, 3.05) is 24.6 Å². The number of aryl methyl sites for hydroxylation is 2. The number of ether oxygens (including phenoxy) is 1. The van der Waals surface area contributed by atoms with Crippen LogP contribution < -0.4 is 25.5 Å². The average Bonchev–Trinajstić information content (AvgIpc) is 3.48. The van der Waals surface area contributed by atoms with E-state index in [2.05, 4.69) is 50.9 Å². The van der Waals surface area contributed by atoms with E-state index < -0.39 is 6.17 Å². The lowest BCUT2D eigenvalue weighted by atomic mass is 9.80. The number of nitrogens with one attached hydrogen (secondary N) is 1. The van der Waals surface area contributed by atoms with E-state index in [0.717, 1.165) is 106 Å². The molecule has 7 rings (SSSR count). The van der Waals surface area contributed by atoms with Crippen LogP contribution in [-0.4, -0.2) is 59.1 Å². The molecule has 3 aliphatic rings. The molecule has 4 heterocycles. The van der Waals surface area contributed by atoms with Gasteiger partial charge in [-0.3, -0.25) is 4.99 Å². The van der Waals surface area contributed by atoms with Crippen molar-refractivity contribution in [2.45, 2.75) is 131 Å². The highest BCUT2D eigenvalue weighted by atomic mass is 19.1. The van der Waals surface area contributed by atoms with Crippen molar-refractivity contribution in [1.82, 2.24) is 15.3 Å². The van der Waals surface area contributed by atoms with Gasteiger partial charge in [-0.15, -0.1) is 0 Å². The second kappa shape index (κ2) is 15.1. The molecule has 3 aliphatic heterocycles. The largest absolute Gasteiger partial charge is 0.508 e. The highest BCUT2D eigenvalue weighted by Gasteiger charge is 2.35. The average molecular weight is 726 g/mol. The summed E-state index contributed by atoms with van der Waals surface area (Å²) in [5.74, 6) is 0.844. The summed E-state index contributed by atoms with van der Waals surface area (Å²) in [5, 5.41) is 19.2. The number of fused-ring (bicyclic) bond motifs is 6. The number of aromatic hydroxyl groups is 1. The maximum atomic E-state index is 15.5. The normalized spacial score (nSPS) is 22.7. The predicted molar refractivity (Wildman–Crippen MR) is 212 cm³/mol. The summed E-state index contributed by atoms with van der Waals surface area (Å²) in [6, 6.07) is 7.75. The van der Waals surface area contributed by atoms with Crippen LogP contribution >= 0.6 is 0 Å². The number of alkyl halides is 1. The molecule has 0 amide bonds. The van der Waals surface area contributed by atoms with Crippen LogP contribution in [0.3, 0.4) is 0 Å². The van der Waals surface area contributed by atoms with Gasteiger partial charge in [-0.25, -0.2) is 8.78 Å². The van der Waals surface area contributed by atoms with Crippen molar-refractivity contribution < 1.29 is 18.6 Å². The Hall–Kier alpha value is -3.85. The van der Waals surface area contributed by atoms with Crippen LogP contribution in [0.1, 0.15) is 104 Å². The van der Waals surface area contributed by atoms with Crippen molar-refractivity contribution in [3.05, 3.63) is 51.8 Å². The van der Waals surface area contributed by atoms with Crippen LogP contribution in [0.15, 0.2) is 29.3 Å².